The summed E-state index contributed by atoms with van der Waals surface area (Å²) in [6, 6.07) is 7.71. The number of amides is 1. The van der Waals surface area contributed by atoms with Crippen molar-refractivity contribution in [2.75, 3.05) is 45.1 Å². The van der Waals surface area contributed by atoms with E-state index in [1.54, 1.807) is 0 Å². The Balaban J connectivity index is 1.62. The van der Waals surface area contributed by atoms with Crippen molar-refractivity contribution < 1.29 is 9.53 Å². The fraction of sp³-hybridized carbons (Fsp3) is 0.500. The number of anilines is 1. The molecule has 3 heterocycles. The van der Waals surface area contributed by atoms with Crippen LogP contribution in [0.25, 0.3) is 22.2 Å². The number of benzene rings is 1. The van der Waals surface area contributed by atoms with Crippen LogP contribution < -0.4 is 11.1 Å². The van der Waals surface area contributed by atoms with E-state index >= 15 is 0 Å². The number of nitrogen functional groups attached to an aromatic ring is 1. The van der Waals surface area contributed by atoms with Gasteiger partial charge in [0.25, 0.3) is 5.91 Å². The molecule has 4 rings (SSSR count). The lowest BCUT2D eigenvalue weighted by Crippen LogP contribution is -2.41. The molecule has 160 valence electrons. The zero-order valence-electron chi connectivity index (χ0n) is 17.6. The number of para-hydroxylation sites is 2. The molecule has 1 aliphatic heterocycles. The molecule has 3 aromatic rings. The zero-order chi connectivity index (χ0) is 20.9. The molecular weight excluding hydrogens is 380 g/mol. The second kappa shape index (κ2) is 9.40. The van der Waals surface area contributed by atoms with E-state index in [-0.39, 0.29) is 5.91 Å². The molecule has 0 radical (unpaired) electrons. The number of carbonyl (C=O) groups excluding carboxylic acids is 1. The second-order valence-corrected chi connectivity index (χ2v) is 7.71. The van der Waals surface area contributed by atoms with Crippen molar-refractivity contribution in [1.82, 2.24) is 24.8 Å². The quantitative estimate of drug-likeness (QED) is 0.554. The molecule has 0 unspecified atom stereocenters. The summed E-state index contributed by atoms with van der Waals surface area (Å²) in [7, 11) is 0. The standard InChI is InChI=1S/C22H30N6O2/c1-2-3-6-10-28-20(23)18(22(29)24-9-11-27-12-14-30-15-13-27)19-21(28)26-17-8-5-4-7-16(17)25-19/h4-5,7-8H,2-3,6,9-15,23H2,1H3,(H,24,29). The number of aromatic nitrogens is 3. The molecule has 0 saturated carbocycles. The number of rotatable bonds is 8. The minimum absolute atomic E-state index is 0.190. The van der Waals surface area contributed by atoms with Crippen molar-refractivity contribution in [1.29, 1.82) is 0 Å². The van der Waals surface area contributed by atoms with Crippen LogP contribution in [0, 0.1) is 0 Å². The highest BCUT2D eigenvalue weighted by Gasteiger charge is 2.23. The summed E-state index contributed by atoms with van der Waals surface area (Å²) in [6.45, 7) is 7.52. The summed E-state index contributed by atoms with van der Waals surface area (Å²) < 4.78 is 7.32. The SMILES string of the molecule is CCCCCn1c(N)c(C(=O)NCCN2CCOCC2)c2nc3ccccc3nc21. The van der Waals surface area contributed by atoms with Crippen LogP contribution in [0.2, 0.25) is 0 Å². The number of carbonyl (C=O) groups is 1. The molecule has 0 aliphatic carbocycles. The smallest absolute Gasteiger partial charge is 0.257 e. The van der Waals surface area contributed by atoms with Gasteiger partial charge in [-0.3, -0.25) is 9.69 Å². The number of hydrogen-bond acceptors (Lipinski definition) is 6. The Morgan fingerprint density at radius 3 is 2.60 bits per heavy atom. The van der Waals surface area contributed by atoms with E-state index in [1.165, 1.54) is 0 Å². The van der Waals surface area contributed by atoms with Crippen LogP contribution in [0.1, 0.15) is 36.5 Å². The van der Waals surface area contributed by atoms with Crippen LogP contribution in [-0.4, -0.2) is 64.7 Å². The number of aryl methyl sites for hydroxylation is 1. The van der Waals surface area contributed by atoms with Gasteiger partial charge in [-0.1, -0.05) is 31.9 Å². The largest absolute Gasteiger partial charge is 0.384 e. The summed E-state index contributed by atoms with van der Waals surface area (Å²) in [5.74, 6) is 0.255. The topological polar surface area (TPSA) is 98.3 Å². The first-order valence-electron chi connectivity index (χ1n) is 10.8. The molecule has 2 aromatic heterocycles. The first-order chi connectivity index (χ1) is 14.7. The summed E-state index contributed by atoms with van der Waals surface area (Å²) >= 11 is 0. The van der Waals surface area contributed by atoms with E-state index in [0.717, 1.165) is 69.7 Å². The normalized spacial score (nSPS) is 15.1. The van der Waals surface area contributed by atoms with E-state index in [2.05, 4.69) is 17.1 Å². The van der Waals surface area contributed by atoms with Crippen LogP contribution in [0.3, 0.4) is 0 Å². The minimum Gasteiger partial charge on any atom is -0.384 e. The molecule has 1 aliphatic rings. The van der Waals surface area contributed by atoms with Gasteiger partial charge in [-0.2, -0.15) is 0 Å². The molecule has 0 bridgehead atoms. The van der Waals surface area contributed by atoms with E-state index < -0.39 is 0 Å². The van der Waals surface area contributed by atoms with Gasteiger partial charge in [-0.25, -0.2) is 9.97 Å². The lowest BCUT2D eigenvalue weighted by atomic mass is 10.2. The number of morpholine rings is 1. The van der Waals surface area contributed by atoms with Gasteiger partial charge in [-0.05, 0) is 18.6 Å². The molecule has 1 saturated heterocycles. The van der Waals surface area contributed by atoms with Crippen molar-refractivity contribution in [2.45, 2.75) is 32.7 Å². The zero-order valence-corrected chi connectivity index (χ0v) is 17.6. The Morgan fingerprint density at radius 2 is 1.87 bits per heavy atom. The molecular formula is C22H30N6O2. The van der Waals surface area contributed by atoms with E-state index in [1.807, 2.05) is 28.8 Å². The summed E-state index contributed by atoms with van der Waals surface area (Å²) in [4.78, 5) is 24.9. The van der Waals surface area contributed by atoms with Gasteiger partial charge >= 0.3 is 0 Å². The molecule has 1 fully saturated rings. The number of hydrogen-bond donors (Lipinski definition) is 2. The van der Waals surface area contributed by atoms with Crippen LogP contribution in [0.4, 0.5) is 5.82 Å². The van der Waals surface area contributed by atoms with Gasteiger partial charge in [0.05, 0.1) is 24.2 Å². The number of nitrogens with one attached hydrogen (secondary N) is 1. The van der Waals surface area contributed by atoms with Gasteiger partial charge in [0.2, 0.25) is 0 Å². The van der Waals surface area contributed by atoms with Crippen molar-refractivity contribution in [3.8, 4) is 0 Å². The Morgan fingerprint density at radius 1 is 1.13 bits per heavy atom. The predicted molar refractivity (Wildman–Crippen MR) is 119 cm³/mol. The number of unbranched alkanes of at least 4 members (excludes halogenated alkanes) is 2. The highest BCUT2D eigenvalue weighted by atomic mass is 16.5. The van der Waals surface area contributed by atoms with Crippen LogP contribution in [0.5, 0.6) is 0 Å². The molecule has 1 aromatic carbocycles. The van der Waals surface area contributed by atoms with Crippen molar-refractivity contribution in [3.63, 3.8) is 0 Å². The highest BCUT2D eigenvalue weighted by molar-refractivity contribution is 6.10. The maximum Gasteiger partial charge on any atom is 0.257 e. The average Bonchev–Trinajstić information content (AvgIpc) is 3.03. The maximum absolute atomic E-state index is 13.1. The lowest BCUT2D eigenvalue weighted by Gasteiger charge is -2.26. The number of nitrogens with two attached hydrogens (primary N) is 1. The third-order valence-electron chi connectivity index (χ3n) is 5.62. The maximum atomic E-state index is 13.1. The van der Waals surface area contributed by atoms with E-state index in [0.29, 0.717) is 29.1 Å². The molecule has 1 amide bonds. The third kappa shape index (κ3) is 4.24. The number of nitrogens with zero attached hydrogens (tertiary/aromatic N) is 4. The van der Waals surface area contributed by atoms with E-state index in [9.17, 15) is 4.79 Å². The first kappa shape index (κ1) is 20.6. The fourth-order valence-corrected chi connectivity index (χ4v) is 3.93. The Bertz CT molecular complexity index is 1030. The molecule has 8 nitrogen and oxygen atoms in total. The summed E-state index contributed by atoms with van der Waals surface area (Å²) in [5.41, 5.74) is 9.73. The van der Waals surface area contributed by atoms with Gasteiger partial charge < -0.3 is 20.4 Å². The van der Waals surface area contributed by atoms with Gasteiger partial charge in [0, 0.05) is 32.7 Å². The fourth-order valence-electron chi connectivity index (χ4n) is 3.93. The van der Waals surface area contributed by atoms with Gasteiger partial charge in [0.15, 0.2) is 5.65 Å². The van der Waals surface area contributed by atoms with E-state index in [4.69, 9.17) is 20.4 Å². The summed E-state index contributed by atoms with van der Waals surface area (Å²) in [6.07, 6.45) is 3.20. The molecule has 0 spiro atoms. The van der Waals surface area contributed by atoms with Gasteiger partial charge in [-0.15, -0.1) is 0 Å². The van der Waals surface area contributed by atoms with Crippen LogP contribution in [0.15, 0.2) is 24.3 Å². The third-order valence-corrected chi connectivity index (χ3v) is 5.62. The Labute approximate surface area is 176 Å². The predicted octanol–water partition coefficient (Wildman–Crippen LogP) is 2.42. The lowest BCUT2D eigenvalue weighted by molar-refractivity contribution is 0.0383. The van der Waals surface area contributed by atoms with Crippen molar-refractivity contribution in [3.05, 3.63) is 29.8 Å². The highest BCUT2D eigenvalue weighted by Crippen LogP contribution is 2.28. The summed E-state index contributed by atoms with van der Waals surface area (Å²) in [5, 5.41) is 3.03. The number of fused-ring (bicyclic) bond motifs is 2. The average molecular weight is 411 g/mol. The first-order valence-corrected chi connectivity index (χ1v) is 10.8. The molecule has 30 heavy (non-hydrogen) atoms. The van der Waals surface area contributed by atoms with Crippen LogP contribution >= 0.6 is 0 Å². The number of ether oxygens (including phenoxy) is 1. The monoisotopic (exact) mass is 410 g/mol. The van der Waals surface area contributed by atoms with Gasteiger partial charge in [0.1, 0.15) is 16.9 Å². The minimum atomic E-state index is -0.190. The Kier molecular flexibility index (Phi) is 6.44. The molecule has 8 heteroatoms. The van der Waals surface area contributed by atoms with Crippen LogP contribution in [-0.2, 0) is 11.3 Å². The van der Waals surface area contributed by atoms with Crippen molar-refractivity contribution in [2.24, 2.45) is 0 Å². The van der Waals surface area contributed by atoms with Crippen molar-refractivity contribution >= 4 is 33.9 Å². The molecule has 3 N–H and O–H groups in total. The molecule has 0 atom stereocenters. The Hall–Kier alpha value is -2.71. The second-order valence-electron chi connectivity index (χ2n) is 7.71.